The molecule has 2 N–H and O–H groups in total. The maximum absolute atomic E-state index is 12.0. The van der Waals surface area contributed by atoms with Gasteiger partial charge in [-0.25, -0.2) is 4.79 Å². The number of pyridine rings is 1. The van der Waals surface area contributed by atoms with Gasteiger partial charge < -0.3 is 15.1 Å². The number of rotatable bonds is 4. The molecule has 128 valence electrons. The minimum Gasteiger partial charge on any atom is -0.404 e. The number of primary amides is 1. The van der Waals surface area contributed by atoms with Crippen LogP contribution in [0.3, 0.4) is 0 Å². The largest absolute Gasteiger partial charge is 0.404 e. The third-order valence-corrected chi connectivity index (χ3v) is 4.38. The number of likely N-dealkylation sites (N-methyl/N-ethyl adjacent to an activating group) is 1. The van der Waals surface area contributed by atoms with Crippen LogP contribution in [0.25, 0.3) is 22.2 Å². The molecule has 0 aliphatic rings. The summed E-state index contributed by atoms with van der Waals surface area (Å²) in [5.41, 5.74) is 7.88. The monoisotopic (exact) mass is 337 g/mol. The van der Waals surface area contributed by atoms with Crippen LogP contribution in [0.15, 0.2) is 51.7 Å². The Bertz CT molecular complexity index is 1010. The van der Waals surface area contributed by atoms with Gasteiger partial charge in [-0.3, -0.25) is 4.79 Å². The van der Waals surface area contributed by atoms with E-state index in [1.54, 1.807) is 24.9 Å². The van der Waals surface area contributed by atoms with Gasteiger partial charge in [0, 0.05) is 24.1 Å². The summed E-state index contributed by atoms with van der Waals surface area (Å²) in [6, 6.07) is 12.4. The van der Waals surface area contributed by atoms with Crippen molar-refractivity contribution in [2.45, 2.75) is 19.9 Å². The molecule has 0 fully saturated rings. The summed E-state index contributed by atoms with van der Waals surface area (Å²) in [4.78, 5) is 29.5. The van der Waals surface area contributed by atoms with Crippen LogP contribution in [-0.2, 0) is 4.79 Å². The first-order chi connectivity index (χ1) is 11.9. The molecule has 6 heteroatoms. The number of nitrogens with two attached hydrogens (primary N) is 1. The normalized spacial score (nSPS) is 12.1. The highest BCUT2D eigenvalue weighted by molar-refractivity contribution is 5.93. The van der Waals surface area contributed by atoms with Gasteiger partial charge in [0.25, 0.3) is 0 Å². The van der Waals surface area contributed by atoms with Crippen LogP contribution in [0.2, 0.25) is 0 Å². The lowest BCUT2D eigenvalue weighted by atomic mass is 9.99. The van der Waals surface area contributed by atoms with Gasteiger partial charge in [0.15, 0.2) is 0 Å². The Morgan fingerprint density at radius 2 is 1.92 bits per heavy atom. The molecule has 25 heavy (non-hydrogen) atoms. The van der Waals surface area contributed by atoms with E-state index in [0.29, 0.717) is 5.82 Å². The molecule has 0 aliphatic heterocycles. The lowest BCUT2D eigenvalue weighted by Crippen LogP contribution is -2.40. The number of nitrogens with zero attached hydrogens (tertiary/aromatic N) is 2. The maximum Gasteiger partial charge on any atom is 0.338 e. The van der Waals surface area contributed by atoms with Crippen LogP contribution in [-0.4, -0.2) is 24.0 Å². The van der Waals surface area contributed by atoms with Crippen molar-refractivity contribution in [2.24, 2.45) is 5.73 Å². The van der Waals surface area contributed by atoms with Crippen molar-refractivity contribution in [3.05, 3.63) is 58.4 Å². The summed E-state index contributed by atoms with van der Waals surface area (Å²) < 4.78 is 5.29. The zero-order chi connectivity index (χ0) is 18.1. The smallest absolute Gasteiger partial charge is 0.338 e. The number of aromatic nitrogens is 1. The number of hydrogen-bond acceptors (Lipinski definition) is 5. The third kappa shape index (κ3) is 3.10. The van der Waals surface area contributed by atoms with Crippen molar-refractivity contribution >= 4 is 22.8 Å². The first kappa shape index (κ1) is 16.7. The fraction of sp³-hybridized carbons (Fsp3) is 0.211. The first-order valence-corrected chi connectivity index (χ1v) is 7.91. The second-order valence-corrected chi connectivity index (χ2v) is 6.01. The number of anilines is 1. The highest BCUT2D eigenvalue weighted by Gasteiger charge is 2.18. The van der Waals surface area contributed by atoms with E-state index in [4.69, 9.17) is 10.2 Å². The van der Waals surface area contributed by atoms with Gasteiger partial charge in [-0.05, 0) is 37.1 Å². The number of hydrogen-bond donors (Lipinski definition) is 1. The zero-order valence-electron chi connectivity index (χ0n) is 14.3. The molecule has 0 saturated carbocycles. The van der Waals surface area contributed by atoms with Crippen molar-refractivity contribution < 1.29 is 9.21 Å². The topological polar surface area (TPSA) is 89.4 Å². The molecule has 0 unspecified atom stereocenters. The van der Waals surface area contributed by atoms with Crippen LogP contribution in [0.1, 0.15) is 12.5 Å². The number of carbonyl (C=O) groups excluding carboxylic acids is 1. The van der Waals surface area contributed by atoms with Crippen LogP contribution >= 0.6 is 0 Å². The summed E-state index contributed by atoms with van der Waals surface area (Å²) >= 11 is 0. The molecule has 0 aliphatic carbocycles. The van der Waals surface area contributed by atoms with Crippen molar-refractivity contribution in [1.82, 2.24) is 4.98 Å². The number of benzene rings is 1. The fourth-order valence-corrected chi connectivity index (χ4v) is 2.72. The lowest BCUT2D eigenvalue weighted by molar-refractivity contribution is -0.118. The molecule has 6 nitrogen and oxygen atoms in total. The van der Waals surface area contributed by atoms with Gasteiger partial charge in [-0.1, -0.05) is 24.3 Å². The summed E-state index contributed by atoms with van der Waals surface area (Å²) in [7, 11) is 1.72. The van der Waals surface area contributed by atoms with E-state index in [9.17, 15) is 9.59 Å². The van der Waals surface area contributed by atoms with Crippen molar-refractivity contribution in [1.29, 1.82) is 0 Å². The first-order valence-electron chi connectivity index (χ1n) is 7.91. The molecule has 1 atom stereocenters. The average molecular weight is 337 g/mol. The van der Waals surface area contributed by atoms with E-state index >= 15 is 0 Å². The molecule has 2 aromatic heterocycles. The van der Waals surface area contributed by atoms with E-state index < -0.39 is 17.6 Å². The Kier molecular flexibility index (Phi) is 4.27. The predicted octanol–water partition coefficient (Wildman–Crippen LogP) is 2.47. The average Bonchev–Trinajstić information content (AvgIpc) is 2.59. The summed E-state index contributed by atoms with van der Waals surface area (Å²) in [5, 5.41) is 0.734. The number of carbonyl (C=O) groups is 1. The molecule has 0 bridgehead atoms. The Labute approximate surface area is 144 Å². The zero-order valence-corrected chi connectivity index (χ0v) is 14.3. The molecular formula is C19H19N3O3. The minimum atomic E-state index is -0.531. The molecule has 0 radical (unpaired) electrons. The third-order valence-electron chi connectivity index (χ3n) is 4.38. The van der Waals surface area contributed by atoms with Gasteiger partial charge in [0.2, 0.25) is 11.6 Å². The van der Waals surface area contributed by atoms with Crippen molar-refractivity contribution in [3.8, 4) is 11.1 Å². The molecule has 3 aromatic rings. The van der Waals surface area contributed by atoms with Gasteiger partial charge in [-0.15, -0.1) is 0 Å². The quantitative estimate of drug-likeness (QED) is 0.790. The van der Waals surface area contributed by atoms with E-state index in [1.165, 1.54) is 6.07 Å². The highest BCUT2D eigenvalue weighted by Crippen LogP contribution is 2.30. The minimum absolute atomic E-state index is 0.228. The number of amides is 1. The van der Waals surface area contributed by atoms with Crippen molar-refractivity contribution in [2.75, 3.05) is 11.9 Å². The van der Waals surface area contributed by atoms with Crippen LogP contribution in [0.5, 0.6) is 0 Å². The van der Waals surface area contributed by atoms with Crippen LogP contribution in [0.4, 0.5) is 5.82 Å². The summed E-state index contributed by atoms with van der Waals surface area (Å²) in [5.74, 6) is 0.0448. The second-order valence-electron chi connectivity index (χ2n) is 6.01. The van der Waals surface area contributed by atoms with Gasteiger partial charge in [0.05, 0.1) is 0 Å². The second kappa shape index (κ2) is 6.39. The Balaban J connectivity index is 2.18. The number of aryl methyl sites for hydroxylation is 1. The van der Waals surface area contributed by atoms with E-state index in [-0.39, 0.29) is 5.71 Å². The molecule has 0 saturated heterocycles. The SMILES string of the molecule is Cc1ccccc1-c1cc(=O)oc2nc(N(C)[C@@H](C)C(N)=O)ccc12. The van der Waals surface area contributed by atoms with Crippen LogP contribution in [0, 0.1) is 6.92 Å². The Hall–Kier alpha value is -3.15. The summed E-state index contributed by atoms with van der Waals surface area (Å²) in [6.45, 7) is 3.67. The summed E-state index contributed by atoms with van der Waals surface area (Å²) in [6.07, 6.45) is 0. The molecule has 3 rings (SSSR count). The maximum atomic E-state index is 12.0. The predicted molar refractivity (Wildman–Crippen MR) is 97.5 cm³/mol. The molecular weight excluding hydrogens is 318 g/mol. The van der Waals surface area contributed by atoms with Crippen LogP contribution < -0.4 is 16.3 Å². The molecule has 0 spiro atoms. The Morgan fingerprint density at radius 1 is 1.20 bits per heavy atom. The van der Waals surface area contributed by atoms with E-state index in [0.717, 1.165) is 22.1 Å². The molecule has 1 amide bonds. The molecule has 1 aromatic carbocycles. The fourth-order valence-electron chi connectivity index (χ4n) is 2.72. The Morgan fingerprint density at radius 3 is 2.60 bits per heavy atom. The highest BCUT2D eigenvalue weighted by atomic mass is 16.4. The lowest BCUT2D eigenvalue weighted by Gasteiger charge is -2.23. The number of fused-ring (bicyclic) bond motifs is 1. The van der Waals surface area contributed by atoms with E-state index in [2.05, 4.69) is 4.98 Å². The molecule has 2 heterocycles. The standard InChI is InChI=1S/C19H19N3O3/c1-11-6-4-5-7-13(11)15-10-17(23)25-19-14(15)8-9-16(21-19)22(3)12(2)18(20)24/h4-10,12H,1-3H3,(H2,20,24)/t12-/m0/s1. The van der Waals surface area contributed by atoms with Gasteiger partial charge in [0.1, 0.15) is 11.9 Å². The van der Waals surface area contributed by atoms with Gasteiger partial charge in [-0.2, -0.15) is 4.98 Å². The van der Waals surface area contributed by atoms with Gasteiger partial charge >= 0.3 is 5.63 Å². The van der Waals surface area contributed by atoms with E-state index in [1.807, 2.05) is 37.3 Å². The van der Waals surface area contributed by atoms with Crippen molar-refractivity contribution in [3.63, 3.8) is 0 Å².